The lowest BCUT2D eigenvalue weighted by Crippen LogP contribution is -2.42. The normalized spacial score (nSPS) is 10.8. The molecule has 1 rings (SSSR count). The number of carbonyl (C=O) groups excluding carboxylic acids is 2. The molecule has 0 aliphatic carbocycles. The van der Waals surface area contributed by atoms with Gasteiger partial charge in [-0.25, -0.2) is 4.79 Å². The number of hydrogen-bond donors (Lipinski definition) is 4. The minimum Gasteiger partial charge on any atom is -0.481 e. The summed E-state index contributed by atoms with van der Waals surface area (Å²) in [5.41, 5.74) is -0.0219. The van der Waals surface area contributed by atoms with Crippen LogP contribution < -0.4 is 16.0 Å². The zero-order valence-electron chi connectivity index (χ0n) is 13.7. The van der Waals surface area contributed by atoms with Crippen molar-refractivity contribution in [2.75, 3.05) is 13.1 Å². The third kappa shape index (κ3) is 7.32. The maximum Gasteiger partial charge on any atom is 0.315 e. The molecule has 0 radical (unpaired) electrons. The van der Waals surface area contributed by atoms with Crippen molar-refractivity contribution in [3.05, 3.63) is 34.9 Å². The standard InChI is InChI=1S/C16H22ClN3O4/c1-16(2,14(22)23)7-8-18-13(21)10-20-15(24)19-9-11-3-5-12(17)6-4-11/h3-6H,7-10H2,1-2H3,(H,18,21)(H,22,23)(H2,19,20,24). The van der Waals surface area contributed by atoms with E-state index in [1.54, 1.807) is 38.1 Å². The first-order valence-electron chi connectivity index (χ1n) is 7.47. The highest BCUT2D eigenvalue weighted by Gasteiger charge is 2.26. The summed E-state index contributed by atoms with van der Waals surface area (Å²) >= 11 is 5.77. The summed E-state index contributed by atoms with van der Waals surface area (Å²) < 4.78 is 0. The number of carbonyl (C=O) groups is 3. The lowest BCUT2D eigenvalue weighted by atomic mass is 9.90. The molecule has 0 atom stereocenters. The van der Waals surface area contributed by atoms with E-state index in [-0.39, 0.29) is 19.0 Å². The van der Waals surface area contributed by atoms with Crippen LogP contribution in [0.15, 0.2) is 24.3 Å². The lowest BCUT2D eigenvalue weighted by Gasteiger charge is -2.18. The predicted molar refractivity (Wildman–Crippen MR) is 90.7 cm³/mol. The van der Waals surface area contributed by atoms with Gasteiger partial charge in [0.05, 0.1) is 12.0 Å². The van der Waals surface area contributed by atoms with E-state index in [0.29, 0.717) is 18.0 Å². The van der Waals surface area contributed by atoms with Gasteiger partial charge in [0, 0.05) is 18.1 Å². The first-order valence-corrected chi connectivity index (χ1v) is 7.85. The second-order valence-electron chi connectivity index (χ2n) is 5.95. The number of nitrogens with one attached hydrogen (secondary N) is 3. The number of amides is 3. The number of aliphatic carboxylic acids is 1. The molecule has 0 saturated heterocycles. The second-order valence-corrected chi connectivity index (χ2v) is 6.39. The number of carboxylic acids is 1. The predicted octanol–water partition coefficient (Wildman–Crippen LogP) is 1.76. The molecular weight excluding hydrogens is 334 g/mol. The van der Waals surface area contributed by atoms with Crippen LogP contribution in [-0.4, -0.2) is 36.1 Å². The van der Waals surface area contributed by atoms with Gasteiger partial charge in [0.2, 0.25) is 5.91 Å². The van der Waals surface area contributed by atoms with Gasteiger partial charge in [-0.05, 0) is 38.0 Å². The van der Waals surface area contributed by atoms with Crippen molar-refractivity contribution >= 4 is 29.5 Å². The van der Waals surface area contributed by atoms with Crippen LogP contribution in [0.1, 0.15) is 25.8 Å². The molecule has 4 N–H and O–H groups in total. The van der Waals surface area contributed by atoms with Crippen LogP contribution in [0.4, 0.5) is 4.79 Å². The summed E-state index contributed by atoms with van der Waals surface area (Å²) in [6, 6.07) is 6.57. The number of rotatable bonds is 8. The van der Waals surface area contributed by atoms with Crippen molar-refractivity contribution in [3.8, 4) is 0 Å². The van der Waals surface area contributed by atoms with Gasteiger partial charge >= 0.3 is 12.0 Å². The van der Waals surface area contributed by atoms with Gasteiger partial charge < -0.3 is 21.1 Å². The smallest absolute Gasteiger partial charge is 0.315 e. The van der Waals surface area contributed by atoms with Crippen molar-refractivity contribution in [2.24, 2.45) is 5.41 Å². The van der Waals surface area contributed by atoms with Crippen molar-refractivity contribution in [1.82, 2.24) is 16.0 Å². The highest BCUT2D eigenvalue weighted by molar-refractivity contribution is 6.30. The first kappa shape index (κ1) is 19.8. The Hall–Kier alpha value is -2.28. The molecule has 7 nitrogen and oxygen atoms in total. The summed E-state index contributed by atoms with van der Waals surface area (Å²) in [6.45, 7) is 3.54. The Morgan fingerprint density at radius 2 is 1.71 bits per heavy atom. The number of urea groups is 1. The molecule has 0 unspecified atom stereocenters. The first-order chi connectivity index (χ1) is 11.2. The Labute approximate surface area is 145 Å². The van der Waals surface area contributed by atoms with Crippen LogP contribution in [0.3, 0.4) is 0 Å². The van der Waals surface area contributed by atoms with E-state index in [4.69, 9.17) is 16.7 Å². The van der Waals surface area contributed by atoms with Crippen LogP contribution >= 0.6 is 11.6 Å². The van der Waals surface area contributed by atoms with E-state index in [9.17, 15) is 14.4 Å². The molecule has 3 amide bonds. The van der Waals surface area contributed by atoms with Gasteiger partial charge in [-0.1, -0.05) is 23.7 Å². The molecule has 0 fully saturated rings. The van der Waals surface area contributed by atoms with Crippen LogP contribution in [0, 0.1) is 5.41 Å². The molecular formula is C16H22ClN3O4. The van der Waals surface area contributed by atoms with Crippen molar-refractivity contribution in [1.29, 1.82) is 0 Å². The maximum atomic E-state index is 11.6. The molecule has 0 bridgehead atoms. The molecule has 24 heavy (non-hydrogen) atoms. The maximum absolute atomic E-state index is 11.6. The third-order valence-corrected chi connectivity index (χ3v) is 3.68. The SMILES string of the molecule is CC(C)(CCNC(=O)CNC(=O)NCc1ccc(Cl)cc1)C(=O)O. The fourth-order valence-corrected chi connectivity index (χ4v) is 1.82. The summed E-state index contributed by atoms with van der Waals surface area (Å²) in [4.78, 5) is 34.1. The minimum atomic E-state index is -0.920. The summed E-state index contributed by atoms with van der Waals surface area (Å²) in [5, 5.41) is 17.2. The third-order valence-electron chi connectivity index (χ3n) is 3.43. The van der Waals surface area contributed by atoms with Gasteiger partial charge in [0.1, 0.15) is 0 Å². The van der Waals surface area contributed by atoms with Gasteiger partial charge in [0.25, 0.3) is 0 Å². The summed E-state index contributed by atoms with van der Waals surface area (Å²) in [5.74, 6) is -1.30. The van der Waals surface area contributed by atoms with E-state index in [1.165, 1.54) is 0 Å². The van der Waals surface area contributed by atoms with Gasteiger partial charge in [0.15, 0.2) is 0 Å². The molecule has 132 valence electrons. The molecule has 0 spiro atoms. The lowest BCUT2D eigenvalue weighted by molar-refractivity contribution is -0.147. The van der Waals surface area contributed by atoms with Crippen LogP contribution in [-0.2, 0) is 16.1 Å². The number of halogens is 1. The Morgan fingerprint density at radius 3 is 2.29 bits per heavy atom. The quantitative estimate of drug-likeness (QED) is 0.569. The summed E-state index contributed by atoms with van der Waals surface area (Å²) in [6.07, 6.45) is 0.302. The molecule has 1 aromatic rings. The topological polar surface area (TPSA) is 108 Å². The van der Waals surface area contributed by atoms with Gasteiger partial charge in [-0.15, -0.1) is 0 Å². The Morgan fingerprint density at radius 1 is 1.08 bits per heavy atom. The number of hydrogen-bond acceptors (Lipinski definition) is 3. The van der Waals surface area contributed by atoms with Gasteiger partial charge in [-0.3, -0.25) is 9.59 Å². The highest BCUT2D eigenvalue weighted by atomic mass is 35.5. The molecule has 1 aromatic carbocycles. The fraction of sp³-hybridized carbons (Fsp3) is 0.438. The van der Waals surface area contributed by atoms with Crippen molar-refractivity contribution in [2.45, 2.75) is 26.8 Å². The molecule has 8 heteroatoms. The minimum absolute atomic E-state index is 0.181. The molecule has 0 saturated carbocycles. The van der Waals surface area contributed by atoms with E-state index in [1.807, 2.05) is 0 Å². The van der Waals surface area contributed by atoms with Gasteiger partial charge in [-0.2, -0.15) is 0 Å². The average Bonchev–Trinajstić information content (AvgIpc) is 2.52. The van der Waals surface area contributed by atoms with Crippen LogP contribution in [0.5, 0.6) is 0 Å². The number of carboxylic acid groups (broad SMARTS) is 1. The van der Waals surface area contributed by atoms with E-state index in [2.05, 4.69) is 16.0 Å². The molecule has 0 aromatic heterocycles. The summed E-state index contributed by atoms with van der Waals surface area (Å²) in [7, 11) is 0. The Bertz CT molecular complexity index is 587. The number of benzene rings is 1. The van der Waals surface area contributed by atoms with Crippen LogP contribution in [0.25, 0.3) is 0 Å². The monoisotopic (exact) mass is 355 g/mol. The van der Waals surface area contributed by atoms with E-state index < -0.39 is 17.4 Å². The van der Waals surface area contributed by atoms with Crippen molar-refractivity contribution in [3.63, 3.8) is 0 Å². The average molecular weight is 356 g/mol. The Kier molecular flexibility index (Phi) is 7.51. The zero-order valence-corrected chi connectivity index (χ0v) is 14.4. The molecule has 0 aliphatic heterocycles. The highest BCUT2D eigenvalue weighted by Crippen LogP contribution is 2.19. The Balaban J connectivity index is 2.20. The fourth-order valence-electron chi connectivity index (χ4n) is 1.69. The van der Waals surface area contributed by atoms with E-state index >= 15 is 0 Å². The molecule has 0 aliphatic rings. The second kappa shape index (κ2) is 9.12. The largest absolute Gasteiger partial charge is 0.481 e. The van der Waals surface area contributed by atoms with Crippen molar-refractivity contribution < 1.29 is 19.5 Å². The zero-order chi connectivity index (χ0) is 18.2. The molecule has 0 heterocycles. The van der Waals surface area contributed by atoms with E-state index in [0.717, 1.165) is 5.56 Å². The van der Waals surface area contributed by atoms with Crippen LogP contribution in [0.2, 0.25) is 5.02 Å².